The average Bonchev–Trinajstić information content (AvgIpc) is 3.36. The molecule has 3 heterocycles. The number of likely N-dealkylation sites (tertiary alicyclic amines) is 1. The maximum atomic E-state index is 5.52. The molecule has 0 bridgehead atoms. The second-order valence-corrected chi connectivity index (χ2v) is 7.07. The molecule has 3 aromatic rings. The minimum atomic E-state index is 0.328. The van der Waals surface area contributed by atoms with Gasteiger partial charge in [0.15, 0.2) is 0 Å². The Labute approximate surface area is 148 Å². The van der Waals surface area contributed by atoms with Crippen molar-refractivity contribution in [2.45, 2.75) is 45.2 Å². The lowest BCUT2D eigenvalue weighted by Gasteiger charge is -2.22. The fraction of sp³-hybridized carbons (Fsp3) is 0.400. The van der Waals surface area contributed by atoms with Crippen molar-refractivity contribution in [3.05, 3.63) is 59.6 Å². The summed E-state index contributed by atoms with van der Waals surface area (Å²) in [5, 5.41) is 11.8. The third-order valence-electron chi connectivity index (χ3n) is 4.97. The largest absolute Gasteiger partial charge is 0.361 e. The van der Waals surface area contributed by atoms with Crippen LogP contribution in [0.25, 0.3) is 11.3 Å². The van der Waals surface area contributed by atoms with Crippen LogP contribution in [0.15, 0.2) is 47.1 Å². The molecular formula is C20H24N4O. The molecule has 4 rings (SSSR count). The third-order valence-corrected chi connectivity index (χ3v) is 4.97. The fourth-order valence-corrected chi connectivity index (χ4v) is 3.59. The first-order valence-electron chi connectivity index (χ1n) is 9.00. The lowest BCUT2D eigenvalue weighted by atomic mass is 10.1. The summed E-state index contributed by atoms with van der Waals surface area (Å²) in [6, 6.07) is 12.8. The first kappa shape index (κ1) is 16.1. The van der Waals surface area contributed by atoms with E-state index in [4.69, 9.17) is 4.52 Å². The van der Waals surface area contributed by atoms with Gasteiger partial charge in [-0.05, 0) is 24.9 Å². The van der Waals surface area contributed by atoms with Crippen LogP contribution in [0.2, 0.25) is 0 Å². The lowest BCUT2D eigenvalue weighted by molar-refractivity contribution is 0.236. The van der Waals surface area contributed by atoms with Crippen LogP contribution in [0, 0.1) is 0 Å². The summed E-state index contributed by atoms with van der Waals surface area (Å²) in [6.07, 6.45) is 4.26. The van der Waals surface area contributed by atoms with Gasteiger partial charge >= 0.3 is 0 Å². The van der Waals surface area contributed by atoms with E-state index in [9.17, 15) is 0 Å². The quantitative estimate of drug-likeness (QED) is 0.744. The highest BCUT2D eigenvalue weighted by Gasteiger charge is 2.29. The van der Waals surface area contributed by atoms with Crippen molar-refractivity contribution in [2.24, 2.45) is 0 Å². The van der Waals surface area contributed by atoms with E-state index in [1.807, 2.05) is 12.3 Å². The molecule has 1 aliphatic heterocycles. The number of H-pyrrole nitrogens is 1. The predicted molar refractivity (Wildman–Crippen MR) is 97.0 cm³/mol. The zero-order chi connectivity index (χ0) is 17.2. The monoisotopic (exact) mass is 336 g/mol. The zero-order valence-electron chi connectivity index (χ0n) is 14.8. The third kappa shape index (κ3) is 3.24. The summed E-state index contributed by atoms with van der Waals surface area (Å²) >= 11 is 0. The summed E-state index contributed by atoms with van der Waals surface area (Å²) in [4.78, 5) is 2.49. The molecule has 1 saturated heterocycles. The number of nitrogens with one attached hydrogen (secondary N) is 1. The topological polar surface area (TPSA) is 58.0 Å². The summed E-state index contributed by atoms with van der Waals surface area (Å²) in [5.41, 5.74) is 4.57. The molecular weight excluding hydrogens is 312 g/mol. The van der Waals surface area contributed by atoms with E-state index < -0.39 is 0 Å². The van der Waals surface area contributed by atoms with E-state index in [2.05, 4.69) is 64.4 Å². The Kier molecular flexibility index (Phi) is 4.40. The smallest absolute Gasteiger partial charge is 0.139 e. The molecule has 5 heteroatoms. The van der Waals surface area contributed by atoms with Crippen LogP contribution in [0.1, 0.15) is 55.7 Å². The van der Waals surface area contributed by atoms with Crippen LogP contribution >= 0.6 is 0 Å². The van der Waals surface area contributed by atoms with Crippen LogP contribution in [0.3, 0.4) is 0 Å². The Morgan fingerprint density at radius 3 is 2.88 bits per heavy atom. The van der Waals surface area contributed by atoms with Crippen LogP contribution in [-0.4, -0.2) is 26.8 Å². The maximum absolute atomic E-state index is 5.52. The molecule has 130 valence electrons. The van der Waals surface area contributed by atoms with Gasteiger partial charge in [0.05, 0.1) is 17.9 Å². The highest BCUT2D eigenvalue weighted by atomic mass is 16.5. The van der Waals surface area contributed by atoms with Gasteiger partial charge in [-0.15, -0.1) is 0 Å². The van der Waals surface area contributed by atoms with Crippen LogP contribution in [0.5, 0.6) is 0 Å². The normalized spacial score (nSPS) is 18.3. The van der Waals surface area contributed by atoms with E-state index in [0.717, 1.165) is 36.7 Å². The lowest BCUT2D eigenvalue weighted by Crippen LogP contribution is -2.23. The van der Waals surface area contributed by atoms with Crippen LogP contribution in [-0.2, 0) is 6.54 Å². The Hall–Kier alpha value is -2.40. The number of aromatic amines is 1. The van der Waals surface area contributed by atoms with Crippen LogP contribution < -0.4 is 0 Å². The van der Waals surface area contributed by atoms with E-state index in [1.165, 1.54) is 17.5 Å². The average molecular weight is 336 g/mol. The highest BCUT2D eigenvalue weighted by Crippen LogP contribution is 2.35. The zero-order valence-corrected chi connectivity index (χ0v) is 14.8. The van der Waals surface area contributed by atoms with E-state index >= 15 is 0 Å². The molecule has 0 amide bonds. The molecule has 25 heavy (non-hydrogen) atoms. The standard InChI is InChI=1S/C20H24N4O/c1-14(2)19-11-17(23-25-19)18-9-6-10-24(18)13-16-12-21-22-20(16)15-7-4-3-5-8-15/h3-5,7-8,11-12,14,18H,6,9-10,13H2,1-2H3,(H,21,22)/t18-/m1/s1. The van der Waals surface area contributed by atoms with Gasteiger partial charge in [0.2, 0.25) is 0 Å². The van der Waals surface area contributed by atoms with Crippen molar-refractivity contribution in [3.8, 4) is 11.3 Å². The van der Waals surface area contributed by atoms with Crippen molar-refractivity contribution in [3.63, 3.8) is 0 Å². The summed E-state index contributed by atoms with van der Waals surface area (Å²) < 4.78 is 5.52. The highest BCUT2D eigenvalue weighted by molar-refractivity contribution is 5.62. The molecule has 0 saturated carbocycles. The molecule has 1 aromatic carbocycles. The summed E-state index contributed by atoms with van der Waals surface area (Å²) in [5.74, 6) is 1.34. The van der Waals surface area contributed by atoms with Crippen molar-refractivity contribution in [2.75, 3.05) is 6.54 Å². The molecule has 0 unspecified atom stereocenters. The Balaban J connectivity index is 1.55. The molecule has 1 N–H and O–H groups in total. The van der Waals surface area contributed by atoms with Crippen molar-refractivity contribution in [1.82, 2.24) is 20.3 Å². The van der Waals surface area contributed by atoms with Crippen molar-refractivity contribution >= 4 is 0 Å². The number of nitrogens with zero attached hydrogens (tertiary/aromatic N) is 3. The predicted octanol–water partition coefficient (Wildman–Crippen LogP) is 4.53. The first-order chi connectivity index (χ1) is 12.2. The number of aromatic nitrogens is 3. The summed E-state index contributed by atoms with van der Waals surface area (Å²) in [6.45, 7) is 6.21. The first-order valence-corrected chi connectivity index (χ1v) is 9.00. The molecule has 1 fully saturated rings. The van der Waals surface area contributed by atoms with E-state index in [0.29, 0.717) is 12.0 Å². The molecule has 0 spiro atoms. The van der Waals surface area contributed by atoms with Crippen LogP contribution in [0.4, 0.5) is 0 Å². The van der Waals surface area contributed by atoms with Gasteiger partial charge in [-0.2, -0.15) is 5.10 Å². The Bertz CT molecular complexity index is 821. The number of hydrogen-bond donors (Lipinski definition) is 1. The number of hydrogen-bond acceptors (Lipinski definition) is 4. The van der Waals surface area contributed by atoms with Gasteiger partial charge in [-0.1, -0.05) is 49.3 Å². The number of rotatable bonds is 5. The fourth-order valence-electron chi connectivity index (χ4n) is 3.59. The Morgan fingerprint density at radius 2 is 2.12 bits per heavy atom. The van der Waals surface area contributed by atoms with Crippen molar-refractivity contribution < 1.29 is 4.52 Å². The van der Waals surface area contributed by atoms with Gasteiger partial charge in [0.25, 0.3) is 0 Å². The van der Waals surface area contributed by atoms with Gasteiger partial charge in [0, 0.05) is 24.1 Å². The second-order valence-electron chi connectivity index (χ2n) is 7.07. The molecule has 2 aromatic heterocycles. The molecule has 0 radical (unpaired) electrons. The van der Waals surface area contributed by atoms with Gasteiger partial charge < -0.3 is 4.52 Å². The molecule has 0 aliphatic carbocycles. The Morgan fingerprint density at radius 1 is 1.28 bits per heavy atom. The van der Waals surface area contributed by atoms with E-state index in [1.54, 1.807) is 0 Å². The van der Waals surface area contributed by atoms with E-state index in [-0.39, 0.29) is 0 Å². The minimum absolute atomic E-state index is 0.328. The molecule has 1 atom stereocenters. The molecule has 5 nitrogen and oxygen atoms in total. The number of benzene rings is 1. The van der Waals surface area contributed by atoms with Crippen molar-refractivity contribution in [1.29, 1.82) is 0 Å². The minimum Gasteiger partial charge on any atom is -0.361 e. The SMILES string of the molecule is CC(C)c1cc([C@H]2CCCN2Cc2cn[nH]c2-c2ccccc2)no1. The second kappa shape index (κ2) is 6.84. The van der Waals surface area contributed by atoms with Gasteiger partial charge in [-0.25, -0.2) is 0 Å². The van der Waals surface area contributed by atoms with Gasteiger partial charge in [0.1, 0.15) is 11.5 Å². The maximum Gasteiger partial charge on any atom is 0.139 e. The summed E-state index contributed by atoms with van der Waals surface area (Å²) in [7, 11) is 0. The van der Waals surface area contributed by atoms with Gasteiger partial charge in [-0.3, -0.25) is 10.00 Å². The molecule has 1 aliphatic rings.